The minimum atomic E-state index is -0.321. The first-order chi connectivity index (χ1) is 13.7. The summed E-state index contributed by atoms with van der Waals surface area (Å²) in [6.45, 7) is 3.98. The average Bonchev–Trinajstić information content (AvgIpc) is 2.74. The van der Waals surface area contributed by atoms with Crippen molar-refractivity contribution >= 4 is 24.2 Å². The van der Waals surface area contributed by atoms with Gasteiger partial charge in [0.15, 0.2) is 0 Å². The summed E-state index contributed by atoms with van der Waals surface area (Å²) in [6.07, 6.45) is 7.72. The third-order valence-corrected chi connectivity index (χ3v) is 4.47. The zero-order valence-electron chi connectivity index (χ0n) is 15.4. The quantitative estimate of drug-likeness (QED) is 0.504. The number of hydrogen-bond acceptors (Lipinski definition) is 3. The van der Waals surface area contributed by atoms with Crippen molar-refractivity contribution in [3.05, 3.63) is 106 Å². The van der Waals surface area contributed by atoms with Crippen LogP contribution in [-0.2, 0) is 11.3 Å². The van der Waals surface area contributed by atoms with Crippen LogP contribution in [0, 0.1) is 0 Å². The summed E-state index contributed by atoms with van der Waals surface area (Å²) in [4.78, 5) is 16.9. The van der Waals surface area contributed by atoms with Gasteiger partial charge in [-0.2, -0.15) is 0 Å². The fraction of sp³-hybridized carbons (Fsp3) is 0.130. The first-order valence-corrected chi connectivity index (χ1v) is 9.36. The fourth-order valence-electron chi connectivity index (χ4n) is 2.82. The van der Waals surface area contributed by atoms with Crippen LogP contribution in [0.25, 0.3) is 0 Å². The van der Waals surface area contributed by atoms with E-state index in [1.807, 2.05) is 42.5 Å². The second-order valence-corrected chi connectivity index (χ2v) is 6.67. The molecule has 0 heterocycles. The number of benzene rings is 2. The van der Waals surface area contributed by atoms with Gasteiger partial charge in [0.1, 0.15) is 12.3 Å². The van der Waals surface area contributed by atoms with Gasteiger partial charge in [-0.05, 0) is 48.9 Å². The number of nitrogens with zero attached hydrogens (tertiary/aromatic N) is 1. The Morgan fingerprint density at radius 2 is 2.00 bits per heavy atom. The summed E-state index contributed by atoms with van der Waals surface area (Å²) < 4.78 is 5.97. The van der Waals surface area contributed by atoms with Crippen LogP contribution in [0.15, 0.2) is 95.0 Å². The normalized spacial score (nSPS) is 14.0. The topological polar surface area (TPSA) is 50.7 Å². The molecule has 0 saturated heterocycles. The molecule has 142 valence electrons. The second-order valence-electron chi connectivity index (χ2n) is 6.23. The van der Waals surface area contributed by atoms with E-state index in [0.29, 0.717) is 22.9 Å². The molecule has 2 aromatic rings. The molecule has 3 rings (SSSR count). The number of amides is 1. The number of halogens is 1. The highest BCUT2D eigenvalue weighted by molar-refractivity contribution is 6.30. The Labute approximate surface area is 169 Å². The van der Waals surface area contributed by atoms with E-state index < -0.39 is 0 Å². The van der Waals surface area contributed by atoms with Gasteiger partial charge in [-0.15, -0.1) is 0 Å². The molecule has 2 aromatic carbocycles. The summed E-state index contributed by atoms with van der Waals surface area (Å²) in [6, 6.07) is 16.5. The van der Waals surface area contributed by atoms with Crippen LogP contribution >= 0.6 is 11.6 Å². The largest absolute Gasteiger partial charge is 0.473 e. The van der Waals surface area contributed by atoms with E-state index in [-0.39, 0.29) is 11.8 Å². The second kappa shape index (κ2) is 9.72. The first kappa shape index (κ1) is 19.6. The third-order valence-electron chi connectivity index (χ3n) is 4.23. The van der Waals surface area contributed by atoms with E-state index in [1.165, 1.54) is 0 Å². The fourth-order valence-corrected chi connectivity index (χ4v) is 3.01. The van der Waals surface area contributed by atoms with Gasteiger partial charge >= 0.3 is 0 Å². The lowest BCUT2D eigenvalue weighted by Gasteiger charge is -2.17. The van der Waals surface area contributed by atoms with Crippen LogP contribution in [0.3, 0.4) is 0 Å². The molecule has 0 bridgehead atoms. The molecule has 0 saturated carbocycles. The van der Waals surface area contributed by atoms with Gasteiger partial charge < -0.3 is 4.74 Å². The van der Waals surface area contributed by atoms with Gasteiger partial charge in [-0.1, -0.05) is 66.2 Å². The number of rotatable bonds is 7. The van der Waals surface area contributed by atoms with Crippen LogP contribution in [0.5, 0.6) is 0 Å². The molecule has 5 heteroatoms. The number of nitrogens with one attached hydrogen (secondary N) is 1. The van der Waals surface area contributed by atoms with Crippen molar-refractivity contribution in [3.8, 4) is 0 Å². The Balaban J connectivity index is 1.89. The summed E-state index contributed by atoms with van der Waals surface area (Å²) in [5, 5.41) is 3.33. The molecule has 1 amide bonds. The molecule has 0 atom stereocenters. The Kier molecular flexibility index (Phi) is 6.82. The van der Waals surface area contributed by atoms with Gasteiger partial charge in [0.2, 0.25) is 5.88 Å². The number of hydrogen-bond donors (Lipinski definition) is 1. The molecule has 28 heavy (non-hydrogen) atoms. The predicted octanol–water partition coefficient (Wildman–Crippen LogP) is 5.43. The number of carbonyl (C=O) groups is 1. The zero-order chi connectivity index (χ0) is 19.8. The van der Waals surface area contributed by atoms with Crippen LogP contribution < -0.4 is 5.32 Å². The molecule has 0 radical (unpaired) electrons. The van der Waals surface area contributed by atoms with Gasteiger partial charge in [0, 0.05) is 10.6 Å². The Morgan fingerprint density at radius 1 is 1.18 bits per heavy atom. The first-order valence-electron chi connectivity index (χ1n) is 8.98. The number of ether oxygens (including phenoxy) is 1. The van der Waals surface area contributed by atoms with E-state index in [9.17, 15) is 4.79 Å². The molecule has 1 aliphatic carbocycles. The van der Waals surface area contributed by atoms with Crippen molar-refractivity contribution in [1.82, 2.24) is 5.32 Å². The van der Waals surface area contributed by atoms with Crippen molar-refractivity contribution < 1.29 is 9.53 Å². The molecule has 0 unspecified atom stereocenters. The highest BCUT2D eigenvalue weighted by Crippen LogP contribution is 2.24. The molecule has 4 nitrogen and oxygen atoms in total. The lowest BCUT2D eigenvalue weighted by molar-refractivity contribution is 0.0907. The maximum atomic E-state index is 12.7. The molecule has 0 fully saturated rings. The van der Waals surface area contributed by atoms with Crippen molar-refractivity contribution in [1.29, 1.82) is 0 Å². The van der Waals surface area contributed by atoms with E-state index in [4.69, 9.17) is 16.3 Å². The van der Waals surface area contributed by atoms with Crippen LogP contribution in [0.1, 0.15) is 28.8 Å². The Hall–Kier alpha value is -3.11. The van der Waals surface area contributed by atoms with E-state index in [0.717, 1.165) is 24.0 Å². The molecule has 1 aliphatic rings. The average molecular weight is 393 g/mol. The zero-order valence-corrected chi connectivity index (χ0v) is 16.2. The van der Waals surface area contributed by atoms with Crippen LogP contribution in [0.2, 0.25) is 5.02 Å². The van der Waals surface area contributed by atoms with Gasteiger partial charge in [-0.25, -0.2) is 0 Å². The van der Waals surface area contributed by atoms with E-state index in [2.05, 4.69) is 23.1 Å². The maximum Gasteiger partial charge on any atom is 0.258 e. The lowest BCUT2D eigenvalue weighted by Crippen LogP contribution is -2.26. The van der Waals surface area contributed by atoms with Gasteiger partial charge in [0.05, 0.1) is 0 Å². The standard InChI is InChI=1S/C23H21ClN2O2/c1-25-21(18-11-6-3-7-12-18)23(28-16-17-9-4-2-5-10-17)26-22(27)19-13-8-14-20(24)15-19/h2-6,8-11,13-15H,1,7,12,16H2,(H,26,27)/b23-21-. The van der Waals surface area contributed by atoms with Crippen molar-refractivity contribution in [2.45, 2.75) is 19.4 Å². The molecular weight excluding hydrogens is 372 g/mol. The summed E-state index contributed by atoms with van der Waals surface area (Å²) in [5.41, 5.74) is 2.93. The van der Waals surface area contributed by atoms with Crippen LogP contribution in [-0.4, -0.2) is 12.6 Å². The number of aliphatic imine (C=N–C) groups is 1. The van der Waals surface area contributed by atoms with Crippen molar-refractivity contribution in [3.63, 3.8) is 0 Å². The molecular formula is C23H21ClN2O2. The van der Waals surface area contributed by atoms with E-state index in [1.54, 1.807) is 24.3 Å². The smallest absolute Gasteiger partial charge is 0.258 e. The minimum Gasteiger partial charge on any atom is -0.473 e. The Morgan fingerprint density at radius 3 is 2.68 bits per heavy atom. The highest BCUT2D eigenvalue weighted by Gasteiger charge is 2.17. The summed E-state index contributed by atoms with van der Waals surface area (Å²) >= 11 is 6.01. The molecule has 1 N–H and O–H groups in total. The summed E-state index contributed by atoms with van der Waals surface area (Å²) in [7, 11) is 0. The van der Waals surface area contributed by atoms with Crippen LogP contribution in [0.4, 0.5) is 0 Å². The van der Waals surface area contributed by atoms with Gasteiger partial charge in [-0.3, -0.25) is 15.1 Å². The highest BCUT2D eigenvalue weighted by atomic mass is 35.5. The van der Waals surface area contributed by atoms with Crippen molar-refractivity contribution in [2.24, 2.45) is 4.99 Å². The SMILES string of the molecule is C=N/C(C1=CC=CCC1)=C(/NC(=O)c1cccc(Cl)c1)OCc1ccccc1. The summed E-state index contributed by atoms with van der Waals surface area (Å²) in [5.74, 6) is -0.0379. The van der Waals surface area contributed by atoms with Crippen molar-refractivity contribution in [2.75, 3.05) is 0 Å². The van der Waals surface area contributed by atoms with Gasteiger partial charge in [0.25, 0.3) is 5.91 Å². The third kappa shape index (κ3) is 5.21. The van der Waals surface area contributed by atoms with E-state index >= 15 is 0 Å². The minimum absolute atomic E-state index is 0.283. The number of carbonyl (C=O) groups excluding carboxylic acids is 1. The Bertz CT molecular complexity index is 946. The monoisotopic (exact) mass is 392 g/mol. The molecule has 0 aromatic heterocycles. The predicted molar refractivity (Wildman–Crippen MR) is 113 cm³/mol. The maximum absolute atomic E-state index is 12.7. The number of allylic oxidation sites excluding steroid dienone is 4. The lowest BCUT2D eigenvalue weighted by atomic mass is 10.0. The molecule has 0 spiro atoms. The molecule has 0 aliphatic heterocycles.